The molecule has 0 saturated heterocycles. The minimum Gasteiger partial charge on any atom is -0.398 e. The number of nitrogens with one attached hydrogen (secondary N) is 1. The van der Waals surface area contributed by atoms with Crippen LogP contribution < -0.4 is 10.5 Å². The SMILES string of the molecule is COCC(O)CNS(=O)(=O)c1ccc(N)c2cccnc12. The number of nitrogen functional groups attached to an aromatic ring is 1. The molecule has 1 aromatic carbocycles. The topological polar surface area (TPSA) is 115 Å². The number of rotatable bonds is 6. The molecule has 1 unspecified atom stereocenters. The van der Waals surface area contributed by atoms with Crippen molar-refractivity contribution in [1.82, 2.24) is 9.71 Å². The average Bonchev–Trinajstić information content (AvgIpc) is 2.46. The smallest absolute Gasteiger partial charge is 0.242 e. The van der Waals surface area contributed by atoms with Crippen molar-refractivity contribution in [1.29, 1.82) is 0 Å². The predicted octanol–water partition coefficient (Wildman–Crippen LogP) is 0.103. The van der Waals surface area contributed by atoms with Crippen molar-refractivity contribution < 1.29 is 18.3 Å². The highest BCUT2D eigenvalue weighted by Gasteiger charge is 2.20. The minimum absolute atomic E-state index is 0.0249. The van der Waals surface area contributed by atoms with E-state index in [1.54, 1.807) is 12.1 Å². The molecule has 0 amide bonds. The van der Waals surface area contributed by atoms with Gasteiger partial charge < -0.3 is 15.6 Å². The van der Waals surface area contributed by atoms with E-state index in [-0.39, 0.29) is 18.0 Å². The van der Waals surface area contributed by atoms with Gasteiger partial charge in [0.05, 0.1) is 18.2 Å². The Kier molecular flexibility index (Phi) is 4.73. The second-order valence-corrected chi connectivity index (χ2v) is 6.25. The molecular weight excluding hydrogens is 294 g/mol. The summed E-state index contributed by atoms with van der Waals surface area (Å²) in [7, 11) is -2.37. The summed E-state index contributed by atoms with van der Waals surface area (Å²) in [6.07, 6.45) is 0.582. The molecule has 1 atom stereocenters. The minimum atomic E-state index is -3.80. The maximum absolute atomic E-state index is 12.3. The van der Waals surface area contributed by atoms with Gasteiger partial charge in [0.1, 0.15) is 4.90 Å². The molecule has 21 heavy (non-hydrogen) atoms. The number of hydrogen-bond donors (Lipinski definition) is 3. The first-order valence-corrected chi connectivity index (χ1v) is 7.74. The molecule has 0 saturated carbocycles. The summed E-state index contributed by atoms with van der Waals surface area (Å²) in [5, 5.41) is 10.1. The summed E-state index contributed by atoms with van der Waals surface area (Å²) >= 11 is 0. The van der Waals surface area contributed by atoms with Crippen LogP contribution in [0.15, 0.2) is 35.4 Å². The van der Waals surface area contributed by atoms with Gasteiger partial charge in [0.25, 0.3) is 0 Å². The Morgan fingerprint density at radius 3 is 2.90 bits per heavy atom. The Bertz CT molecular complexity index is 733. The number of benzene rings is 1. The molecule has 0 aliphatic rings. The van der Waals surface area contributed by atoms with Crippen LogP contribution in [0, 0.1) is 0 Å². The van der Waals surface area contributed by atoms with Crippen molar-refractivity contribution in [2.24, 2.45) is 0 Å². The number of aromatic nitrogens is 1. The summed E-state index contributed by atoms with van der Waals surface area (Å²) in [6.45, 7) is -0.0991. The van der Waals surface area contributed by atoms with E-state index in [1.165, 1.54) is 25.4 Å². The quantitative estimate of drug-likeness (QED) is 0.652. The van der Waals surface area contributed by atoms with Crippen LogP contribution in [0.5, 0.6) is 0 Å². The van der Waals surface area contributed by atoms with E-state index in [4.69, 9.17) is 10.5 Å². The Morgan fingerprint density at radius 1 is 1.43 bits per heavy atom. The van der Waals surface area contributed by atoms with E-state index in [9.17, 15) is 13.5 Å². The molecule has 4 N–H and O–H groups in total. The van der Waals surface area contributed by atoms with Gasteiger partial charge in [0, 0.05) is 30.9 Å². The van der Waals surface area contributed by atoms with E-state index in [1.807, 2.05) is 0 Å². The van der Waals surface area contributed by atoms with Crippen molar-refractivity contribution in [3.8, 4) is 0 Å². The number of pyridine rings is 1. The molecule has 1 aromatic heterocycles. The molecule has 0 fully saturated rings. The van der Waals surface area contributed by atoms with E-state index >= 15 is 0 Å². The fourth-order valence-electron chi connectivity index (χ4n) is 1.92. The first-order chi connectivity index (χ1) is 9.95. The number of hydrogen-bond acceptors (Lipinski definition) is 6. The standard InChI is InChI=1S/C13H17N3O4S/c1-20-8-9(17)7-16-21(18,19)12-5-4-11(14)10-3-2-6-15-13(10)12/h2-6,9,16-17H,7-8,14H2,1H3. The number of nitrogens with two attached hydrogens (primary N) is 1. The van der Waals surface area contributed by atoms with E-state index in [0.29, 0.717) is 16.6 Å². The zero-order valence-corrected chi connectivity index (χ0v) is 12.3. The number of aliphatic hydroxyl groups is 1. The summed E-state index contributed by atoms with van der Waals surface area (Å²) < 4.78 is 31.7. The van der Waals surface area contributed by atoms with E-state index in [2.05, 4.69) is 9.71 Å². The van der Waals surface area contributed by atoms with E-state index in [0.717, 1.165) is 0 Å². The summed E-state index contributed by atoms with van der Waals surface area (Å²) in [5.41, 5.74) is 6.57. The third-order valence-electron chi connectivity index (χ3n) is 2.92. The molecule has 2 rings (SSSR count). The number of sulfonamides is 1. The van der Waals surface area contributed by atoms with Crippen LogP contribution in [0.1, 0.15) is 0 Å². The van der Waals surface area contributed by atoms with Crippen molar-refractivity contribution in [2.45, 2.75) is 11.0 Å². The summed E-state index contributed by atoms with van der Waals surface area (Å²) in [4.78, 5) is 4.11. The number of ether oxygens (including phenoxy) is 1. The second kappa shape index (κ2) is 6.35. The zero-order valence-electron chi connectivity index (χ0n) is 11.5. The lowest BCUT2D eigenvalue weighted by atomic mass is 10.2. The van der Waals surface area contributed by atoms with Gasteiger partial charge in [-0.15, -0.1) is 0 Å². The van der Waals surface area contributed by atoms with Crippen LogP contribution in [0.3, 0.4) is 0 Å². The molecular formula is C13H17N3O4S. The van der Waals surface area contributed by atoms with Gasteiger partial charge in [-0.2, -0.15) is 0 Å². The molecule has 0 spiro atoms. The van der Waals surface area contributed by atoms with Gasteiger partial charge in [0.2, 0.25) is 10.0 Å². The zero-order chi connectivity index (χ0) is 15.5. The normalized spacial score (nSPS) is 13.4. The Hall–Kier alpha value is -1.74. The molecule has 0 bridgehead atoms. The Labute approximate surface area is 122 Å². The fraction of sp³-hybridized carbons (Fsp3) is 0.308. The van der Waals surface area contributed by atoms with Gasteiger partial charge >= 0.3 is 0 Å². The number of aliphatic hydroxyl groups excluding tert-OH is 1. The van der Waals surface area contributed by atoms with Gasteiger partial charge in [-0.3, -0.25) is 4.98 Å². The molecule has 8 heteroatoms. The van der Waals surface area contributed by atoms with Gasteiger partial charge in [-0.1, -0.05) is 0 Å². The molecule has 0 aliphatic heterocycles. The Morgan fingerprint density at radius 2 is 2.19 bits per heavy atom. The molecule has 2 aromatic rings. The van der Waals surface area contributed by atoms with Crippen molar-refractivity contribution >= 4 is 26.6 Å². The number of methoxy groups -OCH3 is 1. The molecule has 0 radical (unpaired) electrons. The predicted molar refractivity (Wildman–Crippen MR) is 79.2 cm³/mol. The maximum Gasteiger partial charge on any atom is 0.242 e. The van der Waals surface area contributed by atoms with E-state index < -0.39 is 16.1 Å². The van der Waals surface area contributed by atoms with Gasteiger partial charge in [-0.25, -0.2) is 13.1 Å². The van der Waals surface area contributed by atoms with Gasteiger partial charge in [0.15, 0.2) is 0 Å². The largest absolute Gasteiger partial charge is 0.398 e. The highest BCUT2D eigenvalue weighted by atomic mass is 32.2. The monoisotopic (exact) mass is 311 g/mol. The van der Waals surface area contributed by atoms with Crippen LogP contribution in [-0.2, 0) is 14.8 Å². The van der Waals surface area contributed by atoms with Crippen LogP contribution in [0.2, 0.25) is 0 Å². The number of nitrogens with zero attached hydrogens (tertiary/aromatic N) is 1. The molecule has 114 valence electrons. The number of anilines is 1. The second-order valence-electron chi connectivity index (χ2n) is 4.51. The molecule has 1 heterocycles. The van der Waals surface area contributed by atoms with Crippen LogP contribution >= 0.6 is 0 Å². The lowest BCUT2D eigenvalue weighted by Crippen LogP contribution is -2.34. The fourth-order valence-corrected chi connectivity index (χ4v) is 3.15. The highest BCUT2D eigenvalue weighted by Crippen LogP contribution is 2.25. The van der Waals surface area contributed by atoms with Crippen molar-refractivity contribution in [3.63, 3.8) is 0 Å². The third kappa shape index (κ3) is 3.48. The lowest BCUT2D eigenvalue weighted by Gasteiger charge is -2.13. The Balaban J connectivity index is 2.35. The van der Waals surface area contributed by atoms with Crippen molar-refractivity contribution in [2.75, 3.05) is 26.0 Å². The molecule has 7 nitrogen and oxygen atoms in total. The first-order valence-electron chi connectivity index (χ1n) is 6.25. The van der Waals surface area contributed by atoms with Gasteiger partial charge in [-0.05, 0) is 24.3 Å². The van der Waals surface area contributed by atoms with Crippen LogP contribution in [0.25, 0.3) is 10.9 Å². The van der Waals surface area contributed by atoms with Crippen LogP contribution in [0.4, 0.5) is 5.69 Å². The van der Waals surface area contributed by atoms with Crippen molar-refractivity contribution in [3.05, 3.63) is 30.5 Å². The number of fused-ring (bicyclic) bond motifs is 1. The average molecular weight is 311 g/mol. The third-order valence-corrected chi connectivity index (χ3v) is 4.38. The molecule has 0 aliphatic carbocycles. The highest BCUT2D eigenvalue weighted by molar-refractivity contribution is 7.89. The first kappa shape index (κ1) is 15.6. The lowest BCUT2D eigenvalue weighted by molar-refractivity contribution is 0.0679. The summed E-state index contributed by atoms with van der Waals surface area (Å²) in [6, 6.07) is 6.31. The maximum atomic E-state index is 12.3. The van der Waals surface area contributed by atoms with Crippen LogP contribution in [-0.4, -0.2) is 44.9 Å². The summed E-state index contributed by atoms with van der Waals surface area (Å²) in [5.74, 6) is 0.